The molecule has 32 heavy (non-hydrogen) atoms. The minimum absolute atomic E-state index is 0.00718. The number of benzene rings is 1. The molecule has 1 N–H and O–H groups in total. The molecule has 4 rings (SSSR count). The second-order valence-electron chi connectivity index (χ2n) is 8.51. The second-order valence-corrected chi connectivity index (χ2v) is 8.51. The molecule has 1 aromatic heterocycles. The third kappa shape index (κ3) is 4.58. The molecule has 0 bridgehead atoms. The third-order valence-corrected chi connectivity index (χ3v) is 6.19. The zero-order valence-corrected chi connectivity index (χ0v) is 19.0. The van der Waals surface area contributed by atoms with Crippen LogP contribution in [0.15, 0.2) is 66.9 Å². The predicted molar refractivity (Wildman–Crippen MR) is 124 cm³/mol. The SMILES string of the molecule is COCc1ccccc1OC1(N2CCC(Oc3ncccc3C)C2)C=CC=CC1C(C)O. The minimum atomic E-state index is -0.829. The maximum absolute atomic E-state index is 10.7. The largest absolute Gasteiger partial charge is 0.473 e. The van der Waals surface area contributed by atoms with Crippen LogP contribution in [0.2, 0.25) is 0 Å². The Morgan fingerprint density at radius 3 is 2.84 bits per heavy atom. The lowest BCUT2D eigenvalue weighted by Crippen LogP contribution is -2.59. The molecule has 6 nitrogen and oxygen atoms in total. The maximum Gasteiger partial charge on any atom is 0.216 e. The third-order valence-electron chi connectivity index (χ3n) is 6.19. The molecule has 0 spiro atoms. The Bertz CT molecular complexity index is 974. The first-order valence-corrected chi connectivity index (χ1v) is 11.2. The fourth-order valence-corrected chi connectivity index (χ4v) is 4.56. The van der Waals surface area contributed by atoms with Crippen molar-refractivity contribution in [2.75, 3.05) is 20.2 Å². The number of aromatic nitrogens is 1. The van der Waals surface area contributed by atoms with E-state index in [0.717, 1.165) is 29.8 Å². The van der Waals surface area contributed by atoms with Gasteiger partial charge in [-0.3, -0.25) is 4.90 Å². The molecule has 1 aliphatic carbocycles. The normalized spacial score (nSPS) is 26.2. The van der Waals surface area contributed by atoms with Crippen LogP contribution in [0.1, 0.15) is 24.5 Å². The molecule has 170 valence electrons. The molecule has 1 aromatic carbocycles. The van der Waals surface area contributed by atoms with Gasteiger partial charge in [0.05, 0.1) is 18.6 Å². The molecular weight excluding hydrogens is 404 g/mol. The number of aryl methyl sites for hydroxylation is 1. The monoisotopic (exact) mass is 436 g/mol. The number of rotatable bonds is 8. The average Bonchev–Trinajstić information content (AvgIpc) is 3.26. The smallest absolute Gasteiger partial charge is 0.216 e. The molecule has 4 atom stereocenters. The summed E-state index contributed by atoms with van der Waals surface area (Å²) in [6.07, 6.45) is 10.1. The van der Waals surface area contributed by atoms with Crippen LogP contribution in [0, 0.1) is 12.8 Å². The second kappa shape index (κ2) is 9.86. The number of allylic oxidation sites excluding steroid dienone is 2. The Morgan fingerprint density at radius 1 is 1.22 bits per heavy atom. The van der Waals surface area contributed by atoms with Gasteiger partial charge in [0.2, 0.25) is 5.88 Å². The molecule has 0 saturated carbocycles. The number of likely N-dealkylation sites (tertiary alicyclic amines) is 1. The van der Waals surface area contributed by atoms with E-state index >= 15 is 0 Å². The van der Waals surface area contributed by atoms with Gasteiger partial charge in [0.15, 0.2) is 5.72 Å². The molecule has 1 fully saturated rings. The summed E-state index contributed by atoms with van der Waals surface area (Å²) in [5.41, 5.74) is 1.16. The number of aliphatic hydroxyl groups is 1. The lowest BCUT2D eigenvalue weighted by Gasteiger charge is -2.46. The Labute approximate surface area is 190 Å². The van der Waals surface area contributed by atoms with Crippen molar-refractivity contribution < 1.29 is 19.3 Å². The molecule has 0 amide bonds. The minimum Gasteiger partial charge on any atom is -0.473 e. The molecule has 2 aliphatic rings. The number of nitrogens with zero attached hydrogens (tertiary/aromatic N) is 2. The van der Waals surface area contributed by atoms with E-state index in [-0.39, 0.29) is 12.0 Å². The number of aliphatic hydroxyl groups excluding tert-OH is 1. The van der Waals surface area contributed by atoms with Crippen LogP contribution >= 0.6 is 0 Å². The lowest BCUT2D eigenvalue weighted by molar-refractivity contribution is -0.0986. The molecule has 0 radical (unpaired) electrons. The van der Waals surface area contributed by atoms with Gasteiger partial charge in [-0.15, -0.1) is 0 Å². The van der Waals surface area contributed by atoms with Crippen LogP contribution in [-0.2, 0) is 11.3 Å². The van der Waals surface area contributed by atoms with Crippen molar-refractivity contribution in [2.24, 2.45) is 5.92 Å². The summed E-state index contributed by atoms with van der Waals surface area (Å²) in [5.74, 6) is 1.19. The number of ether oxygens (including phenoxy) is 3. The summed E-state index contributed by atoms with van der Waals surface area (Å²) in [6, 6.07) is 11.8. The van der Waals surface area contributed by atoms with E-state index in [1.54, 1.807) is 13.3 Å². The summed E-state index contributed by atoms with van der Waals surface area (Å²) in [4.78, 5) is 6.66. The fourth-order valence-electron chi connectivity index (χ4n) is 4.56. The lowest BCUT2D eigenvalue weighted by atomic mass is 9.85. The van der Waals surface area contributed by atoms with Gasteiger partial charge in [0.25, 0.3) is 0 Å². The van der Waals surface area contributed by atoms with Gasteiger partial charge in [-0.05, 0) is 38.5 Å². The standard InChI is InChI=1S/C26H32N2O4/c1-19-9-8-15-27-25(19)31-22-13-16-28(17-22)26(14-7-6-11-23(26)20(2)29)32-24-12-5-4-10-21(24)18-30-3/h4-12,14-15,20,22-23,29H,13,16-18H2,1-3H3. The summed E-state index contributed by atoms with van der Waals surface area (Å²) < 4.78 is 18.4. The van der Waals surface area contributed by atoms with Crippen LogP contribution in [0.25, 0.3) is 0 Å². The topological polar surface area (TPSA) is 64.1 Å². The highest BCUT2D eigenvalue weighted by Gasteiger charge is 2.49. The Hall–Kier alpha value is -2.67. The fraction of sp³-hybridized carbons (Fsp3) is 0.423. The van der Waals surface area contributed by atoms with Gasteiger partial charge in [0, 0.05) is 37.5 Å². The quantitative estimate of drug-likeness (QED) is 0.677. The van der Waals surface area contributed by atoms with Gasteiger partial charge in [-0.25, -0.2) is 4.98 Å². The van der Waals surface area contributed by atoms with E-state index in [9.17, 15) is 5.11 Å². The maximum atomic E-state index is 10.7. The van der Waals surface area contributed by atoms with E-state index in [1.165, 1.54) is 0 Å². The molecule has 1 aliphatic heterocycles. The van der Waals surface area contributed by atoms with Crippen LogP contribution < -0.4 is 9.47 Å². The average molecular weight is 437 g/mol. The summed E-state index contributed by atoms with van der Waals surface area (Å²) in [6.45, 7) is 5.73. The van der Waals surface area contributed by atoms with Crippen molar-refractivity contribution in [3.63, 3.8) is 0 Å². The van der Waals surface area contributed by atoms with Crippen LogP contribution in [0.4, 0.5) is 0 Å². The molecule has 4 unspecified atom stereocenters. The van der Waals surface area contributed by atoms with E-state index in [1.807, 2.05) is 68.5 Å². The number of pyridine rings is 1. The van der Waals surface area contributed by atoms with E-state index in [0.29, 0.717) is 19.0 Å². The summed E-state index contributed by atoms with van der Waals surface area (Å²) in [5, 5.41) is 10.7. The first kappa shape index (κ1) is 22.5. The van der Waals surface area contributed by atoms with Gasteiger partial charge >= 0.3 is 0 Å². The van der Waals surface area contributed by atoms with E-state index in [4.69, 9.17) is 14.2 Å². The molecule has 1 saturated heterocycles. The zero-order valence-electron chi connectivity index (χ0n) is 19.0. The highest BCUT2D eigenvalue weighted by atomic mass is 16.5. The van der Waals surface area contributed by atoms with Gasteiger partial charge in [-0.2, -0.15) is 0 Å². The molecule has 2 heterocycles. The summed E-state index contributed by atoms with van der Waals surface area (Å²) >= 11 is 0. The van der Waals surface area contributed by atoms with Crippen LogP contribution in [0.5, 0.6) is 11.6 Å². The van der Waals surface area contributed by atoms with E-state index in [2.05, 4.69) is 16.0 Å². The van der Waals surface area contributed by atoms with Gasteiger partial charge in [-0.1, -0.05) is 42.5 Å². The van der Waals surface area contributed by atoms with Crippen molar-refractivity contribution in [1.82, 2.24) is 9.88 Å². The Kier molecular flexibility index (Phi) is 6.94. The van der Waals surface area contributed by atoms with Gasteiger partial charge < -0.3 is 19.3 Å². The first-order chi connectivity index (χ1) is 15.5. The highest BCUT2D eigenvalue weighted by Crippen LogP contribution is 2.39. The van der Waals surface area contributed by atoms with Crippen LogP contribution in [0.3, 0.4) is 0 Å². The molecule has 2 aromatic rings. The van der Waals surface area contributed by atoms with Crippen LogP contribution in [-0.4, -0.2) is 53.1 Å². The highest BCUT2D eigenvalue weighted by molar-refractivity contribution is 5.36. The predicted octanol–water partition coefficient (Wildman–Crippen LogP) is 3.89. The Morgan fingerprint density at radius 2 is 2.06 bits per heavy atom. The first-order valence-electron chi connectivity index (χ1n) is 11.2. The van der Waals surface area contributed by atoms with Crippen molar-refractivity contribution in [2.45, 2.75) is 44.8 Å². The van der Waals surface area contributed by atoms with Crippen molar-refractivity contribution in [3.05, 3.63) is 78.0 Å². The number of hydrogen-bond acceptors (Lipinski definition) is 6. The number of methoxy groups -OCH3 is 1. The molecular formula is C26H32N2O4. The zero-order chi connectivity index (χ0) is 22.6. The van der Waals surface area contributed by atoms with Crippen molar-refractivity contribution >= 4 is 0 Å². The number of para-hydroxylation sites is 1. The van der Waals surface area contributed by atoms with Gasteiger partial charge in [0.1, 0.15) is 11.9 Å². The van der Waals surface area contributed by atoms with E-state index < -0.39 is 11.8 Å². The van der Waals surface area contributed by atoms with Crippen molar-refractivity contribution in [1.29, 1.82) is 0 Å². The molecule has 6 heteroatoms. The Balaban J connectivity index is 1.63. The number of hydrogen-bond donors (Lipinski definition) is 1. The van der Waals surface area contributed by atoms with Crippen molar-refractivity contribution in [3.8, 4) is 11.6 Å². The summed E-state index contributed by atoms with van der Waals surface area (Å²) in [7, 11) is 1.68.